The Morgan fingerprint density at radius 1 is 1.06 bits per heavy atom. The highest BCUT2D eigenvalue weighted by molar-refractivity contribution is 6.42. The number of carbonyl (C=O) groups excluding carboxylic acids is 1. The van der Waals surface area contributed by atoms with Crippen molar-refractivity contribution in [1.82, 2.24) is 0 Å². The number of nitrogens with zero attached hydrogens (tertiary/aromatic N) is 1. The van der Waals surface area contributed by atoms with Gasteiger partial charge >= 0.3 is 0 Å². The largest absolute Gasteiger partial charge is 0.488 e. The lowest BCUT2D eigenvalue weighted by Crippen LogP contribution is -2.14. The molecule has 0 heterocycles. The molecule has 0 aliphatic heterocycles. The summed E-state index contributed by atoms with van der Waals surface area (Å²) in [7, 11) is 0. The topological polar surface area (TPSA) is 62.1 Å². The van der Waals surface area contributed by atoms with Crippen molar-refractivity contribution in [3.8, 4) is 11.8 Å². The maximum absolute atomic E-state index is 12.8. The fraction of sp³-hybridized carbons (Fsp3) is 0.120. The van der Waals surface area contributed by atoms with Crippen molar-refractivity contribution < 1.29 is 9.53 Å². The molecule has 0 saturated carbocycles. The molecule has 3 rings (SSSR count). The maximum Gasteiger partial charge on any atom is 0.266 e. The first-order chi connectivity index (χ1) is 15.4. The van der Waals surface area contributed by atoms with Crippen LogP contribution in [0.1, 0.15) is 23.6 Å². The van der Waals surface area contributed by atoms with E-state index in [9.17, 15) is 10.1 Å². The number of benzene rings is 3. The zero-order valence-electron chi connectivity index (χ0n) is 17.2. The van der Waals surface area contributed by atoms with Crippen LogP contribution in [0.15, 0.2) is 66.2 Å². The van der Waals surface area contributed by atoms with Crippen molar-refractivity contribution in [1.29, 1.82) is 5.26 Å². The van der Waals surface area contributed by atoms with Gasteiger partial charge in [-0.15, -0.1) is 0 Å². The third-order valence-electron chi connectivity index (χ3n) is 4.66. The van der Waals surface area contributed by atoms with Crippen LogP contribution >= 0.6 is 34.8 Å². The van der Waals surface area contributed by atoms with Crippen molar-refractivity contribution >= 4 is 52.5 Å². The minimum Gasteiger partial charge on any atom is -0.488 e. The number of nitriles is 1. The van der Waals surface area contributed by atoms with Crippen molar-refractivity contribution in [2.45, 2.75) is 20.0 Å². The summed E-state index contributed by atoms with van der Waals surface area (Å²) in [5, 5.41) is 13.8. The second-order valence-corrected chi connectivity index (χ2v) is 8.10. The van der Waals surface area contributed by atoms with Gasteiger partial charge in [0.2, 0.25) is 0 Å². The van der Waals surface area contributed by atoms with Gasteiger partial charge < -0.3 is 10.1 Å². The molecule has 7 heteroatoms. The van der Waals surface area contributed by atoms with E-state index in [4.69, 9.17) is 39.5 Å². The van der Waals surface area contributed by atoms with Crippen molar-refractivity contribution in [3.63, 3.8) is 0 Å². The summed E-state index contributed by atoms with van der Waals surface area (Å²) >= 11 is 18.2. The van der Waals surface area contributed by atoms with Crippen LogP contribution < -0.4 is 10.1 Å². The monoisotopic (exact) mass is 484 g/mol. The van der Waals surface area contributed by atoms with E-state index in [-0.39, 0.29) is 12.2 Å². The summed E-state index contributed by atoms with van der Waals surface area (Å²) in [5.41, 5.74) is 2.90. The average Bonchev–Trinajstić information content (AvgIpc) is 2.79. The Hall–Kier alpha value is -2.97. The highest BCUT2D eigenvalue weighted by Gasteiger charge is 2.13. The van der Waals surface area contributed by atoms with Gasteiger partial charge in [-0.05, 0) is 60.0 Å². The predicted molar refractivity (Wildman–Crippen MR) is 130 cm³/mol. The van der Waals surface area contributed by atoms with Crippen molar-refractivity contribution in [2.75, 3.05) is 5.32 Å². The lowest BCUT2D eigenvalue weighted by Gasteiger charge is -2.12. The number of para-hydroxylation sites is 1. The van der Waals surface area contributed by atoms with Gasteiger partial charge in [-0.2, -0.15) is 5.26 Å². The summed E-state index contributed by atoms with van der Waals surface area (Å²) in [6.07, 6.45) is 2.21. The molecule has 0 atom stereocenters. The number of carbonyl (C=O) groups is 1. The molecule has 0 radical (unpaired) electrons. The Morgan fingerprint density at radius 2 is 1.84 bits per heavy atom. The van der Waals surface area contributed by atoms with E-state index in [0.29, 0.717) is 32.1 Å². The highest BCUT2D eigenvalue weighted by Crippen LogP contribution is 2.28. The Kier molecular flexibility index (Phi) is 8.19. The third-order valence-corrected chi connectivity index (χ3v) is 5.64. The zero-order valence-corrected chi connectivity index (χ0v) is 19.4. The molecule has 0 unspecified atom stereocenters. The minimum absolute atomic E-state index is 0.0717. The SMILES string of the molecule is CCc1ccccc1NC(=O)/C(C#N)=C/c1cc(Cl)ccc1OCc1ccc(Cl)c(Cl)c1. The number of amides is 1. The van der Waals surface area contributed by atoms with Crippen LogP contribution in [0.5, 0.6) is 5.75 Å². The van der Waals surface area contributed by atoms with Gasteiger partial charge in [-0.1, -0.05) is 66.0 Å². The number of hydrogen-bond acceptors (Lipinski definition) is 3. The van der Waals surface area contributed by atoms with Crippen LogP contribution in [-0.4, -0.2) is 5.91 Å². The number of nitrogens with one attached hydrogen (secondary N) is 1. The molecule has 1 amide bonds. The van der Waals surface area contributed by atoms with Gasteiger partial charge in [0.1, 0.15) is 24.0 Å². The van der Waals surface area contributed by atoms with Crippen LogP contribution in [0.25, 0.3) is 6.08 Å². The van der Waals surface area contributed by atoms with Crippen LogP contribution in [0, 0.1) is 11.3 Å². The Labute approximate surface area is 202 Å². The molecule has 4 nitrogen and oxygen atoms in total. The van der Waals surface area contributed by atoms with Gasteiger partial charge in [-0.3, -0.25) is 4.79 Å². The summed E-state index contributed by atoms with van der Waals surface area (Å²) in [6.45, 7) is 2.22. The van der Waals surface area contributed by atoms with Crippen LogP contribution in [0.4, 0.5) is 5.69 Å². The van der Waals surface area contributed by atoms with Crippen LogP contribution in [0.2, 0.25) is 15.1 Å². The molecule has 0 spiro atoms. The molecule has 0 saturated heterocycles. The van der Waals surface area contributed by atoms with E-state index < -0.39 is 5.91 Å². The molecule has 3 aromatic carbocycles. The van der Waals surface area contributed by atoms with Gasteiger partial charge in [0, 0.05) is 16.3 Å². The highest BCUT2D eigenvalue weighted by atomic mass is 35.5. The maximum atomic E-state index is 12.8. The number of anilines is 1. The lowest BCUT2D eigenvalue weighted by molar-refractivity contribution is -0.112. The Balaban J connectivity index is 1.85. The van der Waals surface area contributed by atoms with Gasteiger partial charge in [-0.25, -0.2) is 0 Å². The van der Waals surface area contributed by atoms with Gasteiger partial charge in [0.05, 0.1) is 10.0 Å². The molecular weight excluding hydrogens is 467 g/mol. The summed E-state index contributed by atoms with van der Waals surface area (Å²) in [6, 6.07) is 19.6. The summed E-state index contributed by atoms with van der Waals surface area (Å²) in [4.78, 5) is 12.8. The standard InChI is InChI=1S/C25H19Cl3N2O2/c1-2-17-5-3-4-6-23(17)30-25(31)19(14-29)12-18-13-20(26)8-10-24(18)32-15-16-7-9-21(27)22(28)11-16/h3-13H,2,15H2,1H3,(H,30,31)/b19-12+. The molecule has 3 aromatic rings. The van der Waals surface area contributed by atoms with E-state index in [1.807, 2.05) is 31.2 Å². The first-order valence-electron chi connectivity index (χ1n) is 9.78. The molecule has 162 valence electrons. The zero-order chi connectivity index (χ0) is 23.1. The predicted octanol–water partition coefficient (Wildman–Crippen LogP) is 7.33. The molecule has 0 aromatic heterocycles. The molecule has 0 fully saturated rings. The van der Waals surface area contributed by atoms with Crippen LogP contribution in [-0.2, 0) is 17.8 Å². The molecule has 0 bridgehead atoms. The van der Waals surface area contributed by atoms with Crippen molar-refractivity contribution in [2.24, 2.45) is 0 Å². The molecule has 0 aliphatic carbocycles. The van der Waals surface area contributed by atoms with E-state index in [1.54, 1.807) is 42.5 Å². The average molecular weight is 486 g/mol. The fourth-order valence-corrected chi connectivity index (χ4v) is 3.50. The van der Waals surface area contributed by atoms with E-state index in [1.165, 1.54) is 6.08 Å². The number of hydrogen-bond donors (Lipinski definition) is 1. The Bertz CT molecular complexity index is 1220. The second-order valence-electron chi connectivity index (χ2n) is 6.85. The molecule has 0 aliphatic rings. The number of ether oxygens (including phenoxy) is 1. The first-order valence-corrected chi connectivity index (χ1v) is 10.9. The first kappa shape index (κ1) is 23.7. The van der Waals surface area contributed by atoms with Crippen LogP contribution in [0.3, 0.4) is 0 Å². The minimum atomic E-state index is -0.510. The number of halogens is 3. The van der Waals surface area contributed by atoms with Gasteiger partial charge in [0.15, 0.2) is 0 Å². The molecular formula is C25H19Cl3N2O2. The number of aryl methyl sites for hydroxylation is 1. The summed E-state index contributed by atoms with van der Waals surface area (Å²) in [5.74, 6) is -0.0428. The van der Waals surface area contributed by atoms with E-state index in [0.717, 1.165) is 17.5 Å². The van der Waals surface area contributed by atoms with Crippen molar-refractivity contribution in [3.05, 3.63) is 98.0 Å². The smallest absolute Gasteiger partial charge is 0.266 e. The third kappa shape index (κ3) is 6.05. The fourth-order valence-electron chi connectivity index (χ4n) is 3.00. The second kappa shape index (κ2) is 11.1. The molecule has 32 heavy (non-hydrogen) atoms. The van der Waals surface area contributed by atoms with E-state index >= 15 is 0 Å². The Morgan fingerprint density at radius 3 is 2.56 bits per heavy atom. The normalized spacial score (nSPS) is 11.0. The quantitative estimate of drug-likeness (QED) is 0.281. The van der Waals surface area contributed by atoms with Gasteiger partial charge in [0.25, 0.3) is 5.91 Å². The number of rotatable bonds is 7. The van der Waals surface area contributed by atoms with E-state index in [2.05, 4.69) is 5.32 Å². The summed E-state index contributed by atoms with van der Waals surface area (Å²) < 4.78 is 5.91. The molecule has 1 N–H and O–H groups in total. The lowest BCUT2D eigenvalue weighted by atomic mass is 10.1.